The number of rotatable bonds is 5. The third-order valence-electron chi connectivity index (χ3n) is 4.58. The Balaban J connectivity index is 1.89. The van der Waals surface area contributed by atoms with Gasteiger partial charge in [-0.25, -0.2) is 0 Å². The molecule has 0 saturated carbocycles. The maximum Gasteiger partial charge on any atom is 0.160 e. The van der Waals surface area contributed by atoms with E-state index in [1.54, 1.807) is 6.92 Å². The molecule has 2 atom stereocenters. The van der Waals surface area contributed by atoms with Gasteiger partial charge in [-0.15, -0.1) is 0 Å². The molecule has 0 fully saturated rings. The number of benzene rings is 2. The third-order valence-corrected chi connectivity index (χ3v) is 6.17. The van der Waals surface area contributed by atoms with Crippen molar-refractivity contribution in [3.8, 4) is 5.75 Å². The highest BCUT2D eigenvalue weighted by molar-refractivity contribution is 7.56. The average Bonchev–Trinajstić information content (AvgIpc) is 2.60. The zero-order valence-electron chi connectivity index (χ0n) is 14.6. The van der Waals surface area contributed by atoms with Crippen molar-refractivity contribution in [2.45, 2.75) is 26.7 Å². The number of phenolic OH excluding ortho intramolecular Hbond substituents is 1. The van der Waals surface area contributed by atoms with E-state index in [0.717, 1.165) is 40.1 Å². The summed E-state index contributed by atoms with van der Waals surface area (Å²) in [6.07, 6.45) is 10.3. The van der Waals surface area contributed by atoms with Gasteiger partial charge >= 0.3 is 0 Å². The van der Waals surface area contributed by atoms with E-state index >= 15 is 0 Å². The lowest BCUT2D eigenvalue weighted by molar-refractivity contribution is 0.101. The number of phenols is 1. The highest BCUT2D eigenvalue weighted by Gasteiger charge is 2.15. The van der Waals surface area contributed by atoms with Gasteiger partial charge in [-0.05, 0) is 49.0 Å². The Bertz CT molecular complexity index is 849. The number of allylic oxidation sites excluding steroid dienone is 4. The number of ketones is 1. The molecular weight excluding hydrogens is 327 g/mol. The van der Waals surface area contributed by atoms with Gasteiger partial charge in [0, 0.05) is 10.9 Å². The fourth-order valence-corrected chi connectivity index (χ4v) is 4.59. The van der Waals surface area contributed by atoms with E-state index in [9.17, 15) is 9.90 Å². The smallest absolute Gasteiger partial charge is 0.160 e. The fraction of sp³-hybridized carbons (Fsp3) is 0.227. The van der Waals surface area contributed by atoms with E-state index in [4.69, 9.17) is 0 Å². The molecular formula is C22H23O2P. The van der Waals surface area contributed by atoms with Crippen LogP contribution >= 0.6 is 8.58 Å². The first kappa shape index (κ1) is 17.6. The molecule has 0 amide bonds. The summed E-state index contributed by atoms with van der Waals surface area (Å²) >= 11 is 0. The Kier molecular flexibility index (Phi) is 5.50. The molecule has 0 spiro atoms. The van der Waals surface area contributed by atoms with Gasteiger partial charge in [0.25, 0.3) is 0 Å². The van der Waals surface area contributed by atoms with Crippen LogP contribution in [0.1, 0.15) is 34.8 Å². The third kappa shape index (κ3) is 4.08. The first-order valence-corrected chi connectivity index (χ1v) is 9.58. The Hall–Kier alpha value is -2.18. The molecule has 2 aromatic carbocycles. The maximum absolute atomic E-state index is 12.0. The monoisotopic (exact) mass is 350 g/mol. The quantitative estimate of drug-likeness (QED) is 0.648. The molecule has 0 aromatic heterocycles. The molecule has 2 unspecified atom stereocenters. The van der Waals surface area contributed by atoms with Crippen LogP contribution in [-0.2, 0) is 6.42 Å². The minimum atomic E-state index is 0.0703. The fourth-order valence-electron chi connectivity index (χ4n) is 3.18. The molecule has 0 bridgehead atoms. The second kappa shape index (κ2) is 7.80. The van der Waals surface area contributed by atoms with Crippen LogP contribution < -0.4 is 10.6 Å². The highest BCUT2D eigenvalue weighted by atomic mass is 31.1. The second-order valence-corrected chi connectivity index (χ2v) is 7.79. The van der Waals surface area contributed by atoms with Crippen LogP contribution in [0.2, 0.25) is 0 Å². The number of hydrogen-bond donors (Lipinski definition) is 1. The maximum atomic E-state index is 12.0. The Morgan fingerprint density at radius 1 is 1.20 bits per heavy atom. The summed E-state index contributed by atoms with van der Waals surface area (Å²) in [6, 6.07) is 11.8. The van der Waals surface area contributed by atoms with Crippen molar-refractivity contribution in [2.75, 3.05) is 0 Å². The lowest BCUT2D eigenvalue weighted by Crippen LogP contribution is -2.16. The molecule has 0 heterocycles. The molecule has 0 aliphatic heterocycles. The number of para-hydroxylation sites is 1. The van der Waals surface area contributed by atoms with E-state index < -0.39 is 0 Å². The topological polar surface area (TPSA) is 37.3 Å². The van der Waals surface area contributed by atoms with Crippen LogP contribution in [0.25, 0.3) is 0 Å². The minimum absolute atomic E-state index is 0.0703. The van der Waals surface area contributed by atoms with E-state index in [1.807, 2.05) is 43.3 Å². The summed E-state index contributed by atoms with van der Waals surface area (Å²) < 4.78 is 0. The molecule has 1 aliphatic rings. The second-order valence-electron chi connectivity index (χ2n) is 6.50. The van der Waals surface area contributed by atoms with Crippen molar-refractivity contribution in [1.82, 2.24) is 0 Å². The summed E-state index contributed by atoms with van der Waals surface area (Å²) in [7, 11) is 0.272. The van der Waals surface area contributed by atoms with Gasteiger partial charge in [-0.3, -0.25) is 4.79 Å². The number of hydrogen-bond acceptors (Lipinski definition) is 2. The van der Waals surface area contributed by atoms with Crippen LogP contribution in [0.15, 0.2) is 60.7 Å². The van der Waals surface area contributed by atoms with Gasteiger partial charge in [0.2, 0.25) is 0 Å². The van der Waals surface area contributed by atoms with Gasteiger partial charge in [-0.2, -0.15) is 0 Å². The van der Waals surface area contributed by atoms with E-state index in [1.165, 1.54) is 0 Å². The lowest BCUT2D eigenvalue weighted by atomic mass is 9.93. The zero-order valence-corrected chi connectivity index (χ0v) is 15.6. The summed E-state index contributed by atoms with van der Waals surface area (Å²) in [5.74, 6) is 0.878. The van der Waals surface area contributed by atoms with E-state index in [-0.39, 0.29) is 14.4 Å². The molecule has 2 nitrogen and oxygen atoms in total. The zero-order chi connectivity index (χ0) is 17.8. The molecule has 25 heavy (non-hydrogen) atoms. The largest absolute Gasteiger partial charge is 0.507 e. The summed E-state index contributed by atoms with van der Waals surface area (Å²) in [4.78, 5) is 12.0. The molecule has 1 N–H and O–H groups in total. The van der Waals surface area contributed by atoms with Crippen LogP contribution in [0.5, 0.6) is 5.75 Å². The standard InChI is InChI=1S/C22H23O2P/c1-15-8-6-12-19(16(2)23)22(15)25-20-13-7-11-18(21(20)24)14-17-9-4-3-5-10-17/h3-9,11-13,17,24-25H,10,14H2,1-2H3. The molecule has 3 rings (SSSR count). The van der Waals surface area contributed by atoms with Gasteiger partial charge < -0.3 is 5.11 Å². The summed E-state index contributed by atoms with van der Waals surface area (Å²) in [6.45, 7) is 3.62. The van der Waals surface area contributed by atoms with Crippen molar-refractivity contribution in [3.63, 3.8) is 0 Å². The van der Waals surface area contributed by atoms with Crippen molar-refractivity contribution in [3.05, 3.63) is 77.4 Å². The van der Waals surface area contributed by atoms with Gasteiger partial charge in [0.05, 0.1) is 0 Å². The Labute approximate surface area is 151 Å². The van der Waals surface area contributed by atoms with Crippen molar-refractivity contribution >= 4 is 25.0 Å². The molecule has 0 radical (unpaired) electrons. The minimum Gasteiger partial charge on any atom is -0.507 e. The number of Topliss-reactive ketones (excluding diaryl/α,β-unsaturated/α-hetero) is 1. The predicted molar refractivity (Wildman–Crippen MR) is 107 cm³/mol. The van der Waals surface area contributed by atoms with Crippen LogP contribution in [0.4, 0.5) is 0 Å². The number of aromatic hydroxyl groups is 1. The molecule has 0 saturated heterocycles. The van der Waals surface area contributed by atoms with Crippen LogP contribution in [0.3, 0.4) is 0 Å². The normalized spacial score (nSPS) is 16.6. The molecule has 2 aromatic rings. The average molecular weight is 350 g/mol. The highest BCUT2D eigenvalue weighted by Crippen LogP contribution is 2.28. The van der Waals surface area contributed by atoms with E-state index in [0.29, 0.717) is 11.7 Å². The van der Waals surface area contributed by atoms with Crippen LogP contribution in [-0.4, -0.2) is 10.9 Å². The van der Waals surface area contributed by atoms with Gasteiger partial charge in [-0.1, -0.05) is 69.3 Å². The number of carbonyl (C=O) groups excluding carboxylic acids is 1. The predicted octanol–water partition coefficient (Wildman–Crippen LogP) is 4.21. The molecule has 128 valence electrons. The Morgan fingerprint density at radius 3 is 2.72 bits per heavy atom. The van der Waals surface area contributed by atoms with Crippen molar-refractivity contribution in [1.29, 1.82) is 0 Å². The number of aryl methyl sites for hydroxylation is 1. The molecule has 3 heteroatoms. The first-order chi connectivity index (χ1) is 12.1. The SMILES string of the molecule is CC(=O)c1cccc(C)c1Pc1cccc(CC2C=CC=CC2)c1O. The molecule has 1 aliphatic carbocycles. The van der Waals surface area contributed by atoms with Crippen molar-refractivity contribution in [2.24, 2.45) is 5.92 Å². The summed E-state index contributed by atoms with van der Waals surface area (Å²) in [5.41, 5.74) is 2.83. The van der Waals surface area contributed by atoms with Gasteiger partial charge in [0.15, 0.2) is 5.78 Å². The van der Waals surface area contributed by atoms with Crippen LogP contribution in [0, 0.1) is 12.8 Å². The van der Waals surface area contributed by atoms with E-state index in [2.05, 4.69) is 24.3 Å². The summed E-state index contributed by atoms with van der Waals surface area (Å²) in [5, 5.41) is 12.7. The van der Waals surface area contributed by atoms with Crippen molar-refractivity contribution < 1.29 is 9.90 Å². The first-order valence-electron chi connectivity index (χ1n) is 8.58. The lowest BCUT2D eigenvalue weighted by Gasteiger charge is -2.17. The number of carbonyl (C=O) groups is 1. The Morgan fingerprint density at radius 2 is 2.00 bits per heavy atom. The van der Waals surface area contributed by atoms with Gasteiger partial charge in [0.1, 0.15) is 5.75 Å².